The molecule has 0 saturated heterocycles. The fourth-order valence-corrected chi connectivity index (χ4v) is 3.96. The van der Waals surface area contributed by atoms with Crippen molar-refractivity contribution in [1.29, 1.82) is 0 Å². The number of carbonyl (C=O) groups excluding carboxylic acids is 2. The van der Waals surface area contributed by atoms with Crippen LogP contribution in [0.15, 0.2) is 47.8 Å². The fraction of sp³-hybridized carbons (Fsp3) is 0.292. The van der Waals surface area contributed by atoms with Crippen LogP contribution >= 0.6 is 11.3 Å². The Balaban J connectivity index is 1.76. The molecule has 0 saturated carbocycles. The van der Waals surface area contributed by atoms with Gasteiger partial charge in [0.2, 0.25) is 5.91 Å². The number of rotatable bonds is 7. The third kappa shape index (κ3) is 5.30. The van der Waals surface area contributed by atoms with E-state index in [4.69, 9.17) is 4.74 Å². The summed E-state index contributed by atoms with van der Waals surface area (Å²) in [7, 11) is 1.62. The Morgan fingerprint density at radius 3 is 2.52 bits per heavy atom. The van der Waals surface area contributed by atoms with Crippen LogP contribution in [-0.4, -0.2) is 29.9 Å². The Labute approximate surface area is 186 Å². The number of hydrogen-bond acceptors (Lipinski definition) is 5. The molecule has 0 aliphatic rings. The maximum absolute atomic E-state index is 12.9. The molecular formula is C24H27N3O3S. The number of hydrogen-bond donors (Lipinski definition) is 2. The largest absolute Gasteiger partial charge is 0.496 e. The average Bonchev–Trinajstić information content (AvgIpc) is 3.20. The van der Waals surface area contributed by atoms with Gasteiger partial charge in [0.05, 0.1) is 12.8 Å². The van der Waals surface area contributed by atoms with Crippen LogP contribution in [0.1, 0.15) is 35.3 Å². The third-order valence-corrected chi connectivity index (χ3v) is 5.75. The molecular weight excluding hydrogens is 410 g/mol. The second-order valence-electron chi connectivity index (χ2n) is 7.74. The second kappa shape index (κ2) is 9.75. The first-order valence-electron chi connectivity index (χ1n) is 10.1. The Bertz CT molecular complexity index is 1090. The molecule has 31 heavy (non-hydrogen) atoms. The molecule has 2 amide bonds. The standard InChI is InChI=1S/C24H27N3O3S/c1-14(2)21(26-22(28)17-9-7-6-8-16(17)4)23(29)27-24-25-19(13-31-24)18-12-15(3)10-11-20(18)30-5/h6-14,21H,1-5H3,(H,26,28)(H,25,27,29)/t21-/m0/s1. The van der Waals surface area contributed by atoms with E-state index < -0.39 is 6.04 Å². The summed E-state index contributed by atoms with van der Waals surface area (Å²) in [6.07, 6.45) is 0. The Kier molecular flexibility index (Phi) is 7.07. The number of benzene rings is 2. The minimum atomic E-state index is -0.687. The van der Waals surface area contributed by atoms with Crippen molar-refractivity contribution in [2.75, 3.05) is 12.4 Å². The van der Waals surface area contributed by atoms with Gasteiger partial charge in [-0.15, -0.1) is 11.3 Å². The number of nitrogens with zero attached hydrogens (tertiary/aromatic N) is 1. The van der Waals surface area contributed by atoms with Gasteiger partial charge in [0.1, 0.15) is 11.8 Å². The highest BCUT2D eigenvalue weighted by Gasteiger charge is 2.26. The number of ether oxygens (including phenoxy) is 1. The van der Waals surface area contributed by atoms with Gasteiger partial charge in [0.15, 0.2) is 5.13 Å². The Morgan fingerprint density at radius 1 is 1.10 bits per heavy atom. The molecule has 1 atom stereocenters. The van der Waals surface area contributed by atoms with Crippen LogP contribution in [0.3, 0.4) is 0 Å². The van der Waals surface area contributed by atoms with Gasteiger partial charge < -0.3 is 15.4 Å². The van der Waals surface area contributed by atoms with Gasteiger partial charge in [0.25, 0.3) is 5.91 Å². The molecule has 0 fully saturated rings. The van der Waals surface area contributed by atoms with Crippen molar-refractivity contribution in [3.05, 3.63) is 64.5 Å². The third-order valence-electron chi connectivity index (χ3n) is 4.99. The summed E-state index contributed by atoms with van der Waals surface area (Å²) in [4.78, 5) is 30.2. The van der Waals surface area contributed by atoms with Crippen molar-refractivity contribution in [3.8, 4) is 17.0 Å². The van der Waals surface area contributed by atoms with Gasteiger partial charge in [-0.25, -0.2) is 4.98 Å². The molecule has 0 aliphatic heterocycles. The summed E-state index contributed by atoms with van der Waals surface area (Å²) < 4.78 is 5.44. The van der Waals surface area contributed by atoms with Gasteiger partial charge in [-0.05, 0) is 43.5 Å². The van der Waals surface area contributed by atoms with E-state index in [0.29, 0.717) is 10.7 Å². The number of thiazole rings is 1. The van der Waals surface area contributed by atoms with Crippen molar-refractivity contribution < 1.29 is 14.3 Å². The molecule has 0 spiro atoms. The van der Waals surface area contributed by atoms with E-state index in [9.17, 15) is 9.59 Å². The quantitative estimate of drug-likeness (QED) is 0.555. The molecule has 7 heteroatoms. The predicted octanol–water partition coefficient (Wildman–Crippen LogP) is 4.83. The summed E-state index contributed by atoms with van der Waals surface area (Å²) in [6, 6.07) is 12.5. The minimum Gasteiger partial charge on any atom is -0.496 e. The lowest BCUT2D eigenvalue weighted by Crippen LogP contribution is -2.47. The zero-order chi connectivity index (χ0) is 22.5. The lowest BCUT2D eigenvalue weighted by Gasteiger charge is -2.21. The van der Waals surface area contributed by atoms with Crippen molar-refractivity contribution >= 4 is 28.3 Å². The molecule has 3 rings (SSSR count). The number of carbonyl (C=O) groups is 2. The summed E-state index contributed by atoms with van der Waals surface area (Å²) in [5.74, 6) is 0.0638. The first-order chi connectivity index (χ1) is 14.8. The lowest BCUT2D eigenvalue weighted by atomic mass is 10.0. The molecule has 0 bridgehead atoms. The van der Waals surface area contributed by atoms with E-state index in [0.717, 1.165) is 28.1 Å². The molecule has 2 aromatic carbocycles. The molecule has 1 aromatic heterocycles. The lowest BCUT2D eigenvalue weighted by molar-refractivity contribution is -0.118. The Morgan fingerprint density at radius 2 is 1.84 bits per heavy atom. The van der Waals surface area contributed by atoms with Crippen molar-refractivity contribution in [2.45, 2.75) is 33.7 Å². The molecule has 6 nitrogen and oxygen atoms in total. The van der Waals surface area contributed by atoms with Crippen LogP contribution in [0.5, 0.6) is 5.75 Å². The van der Waals surface area contributed by atoms with Gasteiger partial charge in [-0.2, -0.15) is 0 Å². The molecule has 2 N–H and O–H groups in total. The van der Waals surface area contributed by atoms with Gasteiger partial charge >= 0.3 is 0 Å². The number of nitrogens with one attached hydrogen (secondary N) is 2. The monoisotopic (exact) mass is 437 g/mol. The number of methoxy groups -OCH3 is 1. The van der Waals surface area contributed by atoms with Crippen LogP contribution in [-0.2, 0) is 4.79 Å². The average molecular weight is 438 g/mol. The molecule has 162 valence electrons. The van der Waals surface area contributed by atoms with Crippen molar-refractivity contribution in [3.63, 3.8) is 0 Å². The van der Waals surface area contributed by atoms with E-state index in [-0.39, 0.29) is 17.7 Å². The smallest absolute Gasteiger partial charge is 0.252 e. The first-order valence-corrected chi connectivity index (χ1v) is 11.0. The van der Waals surface area contributed by atoms with Crippen LogP contribution in [0, 0.1) is 19.8 Å². The Hall–Kier alpha value is -3.19. The number of anilines is 1. The maximum Gasteiger partial charge on any atom is 0.252 e. The molecule has 1 heterocycles. The zero-order valence-electron chi connectivity index (χ0n) is 18.4. The van der Waals surface area contributed by atoms with E-state index in [1.165, 1.54) is 11.3 Å². The predicted molar refractivity (Wildman–Crippen MR) is 125 cm³/mol. The van der Waals surface area contributed by atoms with Gasteiger partial charge in [0, 0.05) is 16.5 Å². The number of aromatic nitrogens is 1. The number of aryl methyl sites for hydroxylation is 2. The highest BCUT2D eigenvalue weighted by Crippen LogP contribution is 2.33. The summed E-state index contributed by atoms with van der Waals surface area (Å²) in [6.45, 7) is 7.67. The van der Waals surface area contributed by atoms with Crippen molar-refractivity contribution in [2.24, 2.45) is 5.92 Å². The fourth-order valence-electron chi connectivity index (χ4n) is 3.24. The van der Waals surface area contributed by atoms with Crippen LogP contribution in [0.25, 0.3) is 11.3 Å². The SMILES string of the molecule is COc1ccc(C)cc1-c1csc(NC(=O)[C@@H](NC(=O)c2ccccc2C)C(C)C)n1. The van der Waals surface area contributed by atoms with Crippen molar-refractivity contribution in [1.82, 2.24) is 10.3 Å². The first kappa shape index (κ1) is 22.5. The second-order valence-corrected chi connectivity index (χ2v) is 8.60. The van der Waals surface area contributed by atoms with E-state index >= 15 is 0 Å². The van der Waals surface area contributed by atoms with Crippen LogP contribution < -0.4 is 15.4 Å². The van der Waals surface area contributed by atoms with E-state index in [1.807, 2.05) is 69.5 Å². The zero-order valence-corrected chi connectivity index (χ0v) is 19.2. The van der Waals surface area contributed by atoms with E-state index in [2.05, 4.69) is 15.6 Å². The molecule has 0 unspecified atom stereocenters. The highest BCUT2D eigenvalue weighted by atomic mass is 32.1. The highest BCUT2D eigenvalue weighted by molar-refractivity contribution is 7.14. The summed E-state index contributed by atoms with van der Waals surface area (Å²) in [5, 5.41) is 8.06. The minimum absolute atomic E-state index is 0.0933. The molecule has 0 radical (unpaired) electrons. The topological polar surface area (TPSA) is 80.3 Å². The van der Waals surface area contributed by atoms with E-state index in [1.54, 1.807) is 13.2 Å². The van der Waals surface area contributed by atoms with Crippen LogP contribution in [0.2, 0.25) is 0 Å². The van der Waals surface area contributed by atoms with Gasteiger partial charge in [-0.1, -0.05) is 43.7 Å². The summed E-state index contributed by atoms with van der Waals surface area (Å²) >= 11 is 1.33. The molecule has 0 aliphatic carbocycles. The number of amides is 2. The van der Waals surface area contributed by atoms with Crippen LogP contribution in [0.4, 0.5) is 5.13 Å². The normalized spacial score (nSPS) is 11.8. The maximum atomic E-state index is 12.9. The molecule has 3 aromatic rings. The van der Waals surface area contributed by atoms with Gasteiger partial charge in [-0.3, -0.25) is 9.59 Å². The summed E-state index contributed by atoms with van der Waals surface area (Å²) in [5.41, 5.74) is 4.11.